The van der Waals surface area contributed by atoms with Crippen LogP contribution in [0, 0.1) is 0 Å². The van der Waals surface area contributed by atoms with E-state index in [0.29, 0.717) is 0 Å². The second-order valence-electron chi connectivity index (χ2n) is 10.2. The number of fused-ring (bicyclic) bond motifs is 1. The lowest BCUT2D eigenvalue weighted by Gasteiger charge is -2.39. The Labute approximate surface area is 241 Å². The fourth-order valence-corrected chi connectivity index (χ4v) is 4.81. The largest absolute Gasteiger partial charge is 0.507 e. The van der Waals surface area contributed by atoms with Crippen LogP contribution in [0.5, 0.6) is 28.7 Å². The zero-order chi connectivity index (χ0) is 31.3. The second-order valence-corrected chi connectivity index (χ2v) is 10.2. The number of aliphatic hydroxyl groups is 7. The molecule has 0 spiro atoms. The number of aliphatic hydroxyl groups excluding tert-OH is 7. The molecule has 3 heterocycles. The Hall–Kier alpha value is -3.71. The first-order valence-corrected chi connectivity index (χ1v) is 13.0. The van der Waals surface area contributed by atoms with Gasteiger partial charge in [-0.1, -0.05) is 0 Å². The number of aromatic hydroxyl groups is 3. The molecule has 2 aromatic carbocycles. The van der Waals surface area contributed by atoms with Gasteiger partial charge in [-0.15, -0.1) is 0 Å². The Morgan fingerprint density at radius 1 is 0.744 bits per heavy atom. The lowest BCUT2D eigenvalue weighted by Crippen LogP contribution is -2.60. The third kappa shape index (κ3) is 5.55. The Balaban J connectivity index is 1.60. The lowest BCUT2D eigenvalue weighted by atomic mass is 9.99. The maximum atomic E-state index is 13.7. The molecule has 5 rings (SSSR count). The molecule has 10 unspecified atom stereocenters. The van der Waals surface area contributed by atoms with E-state index in [9.17, 15) is 55.9 Å². The van der Waals surface area contributed by atoms with Gasteiger partial charge in [0.15, 0.2) is 17.3 Å². The van der Waals surface area contributed by atoms with Crippen LogP contribution in [0.25, 0.3) is 22.3 Å². The van der Waals surface area contributed by atoms with E-state index in [1.807, 2.05) is 0 Å². The van der Waals surface area contributed by atoms with E-state index >= 15 is 0 Å². The maximum absolute atomic E-state index is 13.7. The van der Waals surface area contributed by atoms with Crippen molar-refractivity contribution in [2.45, 2.75) is 68.3 Å². The molecule has 0 bridgehead atoms. The van der Waals surface area contributed by atoms with Crippen molar-refractivity contribution in [3.63, 3.8) is 0 Å². The molecule has 10 N–H and O–H groups in total. The van der Waals surface area contributed by atoms with E-state index in [-0.39, 0.29) is 22.7 Å². The average molecular weight is 611 g/mol. The number of phenols is 3. The van der Waals surface area contributed by atoms with Crippen molar-refractivity contribution in [1.29, 1.82) is 0 Å². The zero-order valence-corrected chi connectivity index (χ0v) is 22.3. The van der Waals surface area contributed by atoms with Crippen LogP contribution in [0.1, 0.15) is 6.92 Å². The van der Waals surface area contributed by atoms with E-state index in [1.54, 1.807) is 0 Å². The van der Waals surface area contributed by atoms with Crippen LogP contribution < -0.4 is 14.9 Å². The SMILES string of the molecule is CC1OC(Oc2c(-c3ccc(O)c(O)c3)oc3cc(OC4OC(CO)C(O)C(O)C4O)cc(O)c3c2=O)C(O)C(O)C1O. The molecule has 2 aliphatic heterocycles. The Kier molecular flexibility index (Phi) is 8.41. The molecule has 0 aliphatic carbocycles. The highest BCUT2D eigenvalue weighted by molar-refractivity contribution is 5.88. The number of hydrogen-bond acceptors (Lipinski definition) is 16. The van der Waals surface area contributed by atoms with Crippen LogP contribution in [0.3, 0.4) is 0 Å². The van der Waals surface area contributed by atoms with Gasteiger partial charge in [-0.2, -0.15) is 0 Å². The van der Waals surface area contributed by atoms with Gasteiger partial charge >= 0.3 is 0 Å². The molecule has 2 saturated heterocycles. The molecule has 234 valence electrons. The summed E-state index contributed by atoms with van der Waals surface area (Å²) in [6.45, 7) is 0.670. The Morgan fingerprint density at radius 3 is 2.05 bits per heavy atom. The van der Waals surface area contributed by atoms with Gasteiger partial charge in [-0.3, -0.25) is 4.79 Å². The summed E-state index contributed by atoms with van der Waals surface area (Å²) in [7, 11) is 0. The first-order valence-electron chi connectivity index (χ1n) is 13.0. The number of ether oxygens (including phenoxy) is 4. The van der Waals surface area contributed by atoms with Gasteiger partial charge in [0.1, 0.15) is 65.2 Å². The van der Waals surface area contributed by atoms with Gasteiger partial charge in [0.2, 0.25) is 23.8 Å². The minimum Gasteiger partial charge on any atom is -0.507 e. The molecule has 0 amide bonds. The van der Waals surface area contributed by atoms with Crippen molar-refractivity contribution >= 4 is 11.0 Å². The van der Waals surface area contributed by atoms with E-state index in [2.05, 4.69) is 0 Å². The highest BCUT2D eigenvalue weighted by atomic mass is 16.7. The number of rotatable bonds is 6. The molecule has 2 fully saturated rings. The molecule has 16 heteroatoms. The standard InChI is InChI=1S/C27H30O16/c1-8-17(32)20(35)22(37)26(39-8)43-25-19(34)16-13(31)5-10(40-27-23(38)21(36)18(33)15(7-28)42-27)6-14(16)41-24(25)9-2-3-11(29)12(30)4-9/h2-6,8,15,17-18,20-23,26-33,35-38H,7H2,1H3. The fourth-order valence-electron chi connectivity index (χ4n) is 4.81. The molecule has 43 heavy (non-hydrogen) atoms. The summed E-state index contributed by atoms with van der Waals surface area (Å²) in [4.78, 5) is 13.7. The van der Waals surface area contributed by atoms with Crippen molar-refractivity contribution in [2.24, 2.45) is 0 Å². The summed E-state index contributed by atoms with van der Waals surface area (Å²) >= 11 is 0. The predicted octanol–water partition coefficient (Wildman–Crippen LogP) is -2.04. The second kappa shape index (κ2) is 11.8. The van der Waals surface area contributed by atoms with Gasteiger partial charge in [-0.05, 0) is 25.1 Å². The fraction of sp³-hybridized carbons (Fsp3) is 0.444. The molecule has 1 aromatic heterocycles. The van der Waals surface area contributed by atoms with Crippen LogP contribution in [-0.4, -0.2) is 119 Å². The maximum Gasteiger partial charge on any atom is 0.239 e. The van der Waals surface area contributed by atoms with Crippen molar-refractivity contribution in [3.05, 3.63) is 40.6 Å². The molecule has 0 saturated carbocycles. The first kappa shape index (κ1) is 30.7. The summed E-state index contributed by atoms with van der Waals surface area (Å²) in [5, 5.41) is 101. The normalized spacial score (nSPS) is 32.9. The quantitative estimate of drug-likeness (QED) is 0.135. The summed E-state index contributed by atoms with van der Waals surface area (Å²) in [6.07, 6.45) is -15.9. The Morgan fingerprint density at radius 2 is 1.40 bits per heavy atom. The van der Waals surface area contributed by atoms with Gasteiger partial charge in [-0.25, -0.2) is 0 Å². The van der Waals surface area contributed by atoms with Crippen molar-refractivity contribution in [1.82, 2.24) is 0 Å². The minimum atomic E-state index is -1.83. The van der Waals surface area contributed by atoms with E-state index < -0.39 is 102 Å². The first-order chi connectivity index (χ1) is 20.3. The predicted molar refractivity (Wildman–Crippen MR) is 140 cm³/mol. The number of benzene rings is 2. The third-order valence-electron chi connectivity index (χ3n) is 7.29. The van der Waals surface area contributed by atoms with E-state index in [4.69, 9.17) is 23.4 Å². The van der Waals surface area contributed by atoms with Gasteiger partial charge < -0.3 is 74.4 Å². The molecule has 2 aliphatic rings. The molecule has 10 atom stereocenters. The van der Waals surface area contributed by atoms with Crippen molar-refractivity contribution in [2.75, 3.05) is 6.61 Å². The summed E-state index contributed by atoms with van der Waals surface area (Å²) in [5.41, 5.74) is -1.36. The van der Waals surface area contributed by atoms with Crippen LogP contribution >= 0.6 is 0 Å². The molecular formula is C27H30O16. The molecular weight excluding hydrogens is 580 g/mol. The van der Waals surface area contributed by atoms with Crippen molar-refractivity contribution in [3.8, 4) is 40.1 Å². The smallest absolute Gasteiger partial charge is 0.239 e. The third-order valence-corrected chi connectivity index (χ3v) is 7.29. The van der Waals surface area contributed by atoms with Crippen molar-refractivity contribution < 1.29 is 74.4 Å². The zero-order valence-electron chi connectivity index (χ0n) is 22.3. The summed E-state index contributed by atoms with van der Waals surface area (Å²) in [6, 6.07) is 5.42. The number of phenolic OH excluding ortho intramolecular Hbond substituents is 3. The lowest BCUT2D eigenvalue weighted by molar-refractivity contribution is -0.277. The van der Waals surface area contributed by atoms with Crippen LogP contribution in [0.4, 0.5) is 0 Å². The topological polar surface area (TPSA) is 269 Å². The highest BCUT2D eigenvalue weighted by Crippen LogP contribution is 2.40. The van der Waals surface area contributed by atoms with Gasteiger partial charge in [0, 0.05) is 17.7 Å². The van der Waals surface area contributed by atoms with Gasteiger partial charge in [0.25, 0.3) is 0 Å². The molecule has 3 aromatic rings. The molecule has 0 radical (unpaired) electrons. The average Bonchev–Trinajstić information content (AvgIpc) is 2.97. The Bertz CT molecular complexity index is 1540. The summed E-state index contributed by atoms with van der Waals surface area (Å²) in [5.74, 6) is -3.10. The van der Waals surface area contributed by atoms with Crippen LogP contribution in [-0.2, 0) is 9.47 Å². The van der Waals surface area contributed by atoms with Crippen LogP contribution in [0.15, 0.2) is 39.5 Å². The van der Waals surface area contributed by atoms with E-state index in [0.717, 1.165) is 24.3 Å². The number of hydrogen-bond donors (Lipinski definition) is 10. The minimum absolute atomic E-state index is 0.0250. The molecule has 16 nitrogen and oxygen atoms in total. The summed E-state index contributed by atoms with van der Waals surface area (Å²) < 4.78 is 27.8. The van der Waals surface area contributed by atoms with Gasteiger partial charge in [0.05, 0.1) is 12.7 Å². The monoisotopic (exact) mass is 610 g/mol. The van der Waals surface area contributed by atoms with Crippen LogP contribution in [0.2, 0.25) is 0 Å². The van der Waals surface area contributed by atoms with E-state index in [1.165, 1.54) is 13.0 Å². The highest BCUT2D eigenvalue weighted by Gasteiger charge is 2.45.